The molecule has 0 saturated carbocycles. The van der Waals surface area contributed by atoms with E-state index >= 15 is 0 Å². The van der Waals surface area contributed by atoms with Gasteiger partial charge in [-0.2, -0.15) is 0 Å². The minimum atomic E-state index is 0.0252. The first-order chi connectivity index (χ1) is 8.97. The fourth-order valence-corrected chi connectivity index (χ4v) is 2.14. The van der Waals surface area contributed by atoms with Gasteiger partial charge in [-0.15, -0.1) is 0 Å². The predicted molar refractivity (Wildman–Crippen MR) is 79.4 cm³/mol. The van der Waals surface area contributed by atoms with Gasteiger partial charge in [-0.25, -0.2) is 0 Å². The summed E-state index contributed by atoms with van der Waals surface area (Å²) in [7, 11) is 1.86. The minimum Gasteiger partial charge on any atom is -0.385 e. The van der Waals surface area contributed by atoms with E-state index in [-0.39, 0.29) is 11.9 Å². The van der Waals surface area contributed by atoms with Crippen LogP contribution < -0.4 is 5.32 Å². The van der Waals surface area contributed by atoms with E-state index in [0.717, 1.165) is 18.7 Å². The number of rotatable bonds is 6. The number of carbonyl (C=O) groups excluding carboxylic acids is 1. The molecule has 0 fully saturated rings. The van der Waals surface area contributed by atoms with Crippen molar-refractivity contribution < 1.29 is 4.79 Å². The molecule has 1 rings (SSSR count). The molecule has 1 atom stereocenters. The lowest BCUT2D eigenvalue weighted by Gasteiger charge is -2.27. The van der Waals surface area contributed by atoms with Gasteiger partial charge in [-0.05, 0) is 32.3 Å². The van der Waals surface area contributed by atoms with Crippen LogP contribution in [-0.4, -0.2) is 35.4 Å². The number of hydrogen-bond acceptors (Lipinski definition) is 3. The van der Waals surface area contributed by atoms with Gasteiger partial charge in [0.2, 0.25) is 0 Å². The zero-order valence-electron chi connectivity index (χ0n) is 12.6. The lowest BCUT2D eigenvalue weighted by molar-refractivity contribution is 0.0729. The normalized spacial score (nSPS) is 12.3. The highest BCUT2D eigenvalue weighted by molar-refractivity contribution is 5.99. The van der Waals surface area contributed by atoms with E-state index in [9.17, 15) is 4.79 Å². The van der Waals surface area contributed by atoms with E-state index in [1.54, 1.807) is 17.3 Å². The molecule has 0 aliphatic rings. The van der Waals surface area contributed by atoms with Crippen LogP contribution in [0.5, 0.6) is 0 Å². The molecule has 1 aromatic rings. The Morgan fingerprint density at radius 3 is 2.68 bits per heavy atom. The summed E-state index contributed by atoms with van der Waals surface area (Å²) in [6.07, 6.45) is 4.34. The summed E-state index contributed by atoms with van der Waals surface area (Å²) in [5.74, 6) is 0.601. The summed E-state index contributed by atoms with van der Waals surface area (Å²) >= 11 is 0. The average molecular weight is 263 g/mol. The third-order valence-corrected chi connectivity index (χ3v) is 3.21. The molecule has 0 saturated heterocycles. The van der Waals surface area contributed by atoms with Gasteiger partial charge in [0.25, 0.3) is 5.91 Å². The van der Waals surface area contributed by atoms with Gasteiger partial charge >= 0.3 is 0 Å². The van der Waals surface area contributed by atoms with Gasteiger partial charge in [0, 0.05) is 32.0 Å². The van der Waals surface area contributed by atoms with Crippen LogP contribution in [0.4, 0.5) is 5.69 Å². The predicted octanol–water partition coefficient (Wildman–Crippen LogP) is 3.02. The molecule has 0 bridgehead atoms. The Morgan fingerprint density at radius 2 is 2.11 bits per heavy atom. The summed E-state index contributed by atoms with van der Waals surface area (Å²) in [6.45, 7) is 9.22. The maximum Gasteiger partial charge on any atom is 0.257 e. The van der Waals surface area contributed by atoms with Crippen LogP contribution in [0.25, 0.3) is 0 Å². The van der Waals surface area contributed by atoms with Crippen LogP contribution in [0, 0.1) is 5.92 Å². The lowest BCUT2D eigenvalue weighted by Crippen LogP contribution is -2.36. The average Bonchev–Trinajstić information content (AvgIpc) is 2.37. The van der Waals surface area contributed by atoms with Crippen molar-refractivity contribution in [3.05, 3.63) is 24.0 Å². The Balaban J connectivity index is 2.87. The van der Waals surface area contributed by atoms with Gasteiger partial charge in [0.1, 0.15) is 0 Å². The third-order valence-electron chi connectivity index (χ3n) is 3.21. The number of aromatic nitrogens is 1. The molecule has 0 radical (unpaired) electrons. The Labute approximate surface area is 116 Å². The molecule has 1 N–H and O–H groups in total. The van der Waals surface area contributed by atoms with Crippen molar-refractivity contribution in [3.63, 3.8) is 0 Å². The second-order valence-corrected chi connectivity index (χ2v) is 5.35. The zero-order chi connectivity index (χ0) is 14.4. The number of carbonyl (C=O) groups is 1. The van der Waals surface area contributed by atoms with E-state index in [2.05, 4.69) is 31.1 Å². The standard InChI is InChI=1S/C15H25N3O/c1-6-17-14-7-8-16-10-13(14)15(19)18(5)12(4)9-11(2)3/h7-8,10-12H,6,9H2,1-5H3,(H,16,17). The van der Waals surface area contributed by atoms with E-state index in [0.29, 0.717) is 11.5 Å². The molecule has 4 nitrogen and oxygen atoms in total. The van der Waals surface area contributed by atoms with E-state index < -0.39 is 0 Å². The number of pyridine rings is 1. The highest BCUT2D eigenvalue weighted by atomic mass is 16.2. The molecule has 0 aliphatic carbocycles. The van der Waals surface area contributed by atoms with Crippen molar-refractivity contribution in [2.45, 2.75) is 40.2 Å². The maximum absolute atomic E-state index is 12.5. The van der Waals surface area contributed by atoms with Crippen molar-refractivity contribution in [1.82, 2.24) is 9.88 Å². The fraction of sp³-hybridized carbons (Fsp3) is 0.600. The Hall–Kier alpha value is -1.58. The lowest BCUT2D eigenvalue weighted by atomic mass is 10.0. The highest BCUT2D eigenvalue weighted by Crippen LogP contribution is 2.18. The monoisotopic (exact) mass is 263 g/mol. The van der Waals surface area contributed by atoms with E-state index in [1.165, 1.54) is 0 Å². The molecule has 4 heteroatoms. The topological polar surface area (TPSA) is 45.2 Å². The largest absolute Gasteiger partial charge is 0.385 e. The van der Waals surface area contributed by atoms with Gasteiger partial charge in [-0.1, -0.05) is 13.8 Å². The summed E-state index contributed by atoms with van der Waals surface area (Å²) in [5.41, 5.74) is 1.49. The van der Waals surface area contributed by atoms with Crippen LogP contribution in [0.2, 0.25) is 0 Å². The number of hydrogen-bond donors (Lipinski definition) is 1. The number of anilines is 1. The van der Waals surface area contributed by atoms with Crippen molar-refractivity contribution in [3.8, 4) is 0 Å². The van der Waals surface area contributed by atoms with E-state index in [4.69, 9.17) is 0 Å². The van der Waals surface area contributed by atoms with Gasteiger partial charge in [0.15, 0.2) is 0 Å². The maximum atomic E-state index is 12.5. The number of amides is 1. The SMILES string of the molecule is CCNc1ccncc1C(=O)N(C)C(C)CC(C)C. The molecule has 1 aromatic heterocycles. The van der Waals surface area contributed by atoms with Gasteiger partial charge in [-0.3, -0.25) is 9.78 Å². The van der Waals surface area contributed by atoms with E-state index in [1.807, 2.05) is 20.0 Å². The first-order valence-corrected chi connectivity index (χ1v) is 6.92. The van der Waals surface area contributed by atoms with Crippen molar-refractivity contribution in [1.29, 1.82) is 0 Å². The first-order valence-electron chi connectivity index (χ1n) is 6.92. The Morgan fingerprint density at radius 1 is 1.42 bits per heavy atom. The van der Waals surface area contributed by atoms with Crippen molar-refractivity contribution >= 4 is 11.6 Å². The smallest absolute Gasteiger partial charge is 0.257 e. The molecule has 0 aromatic carbocycles. The quantitative estimate of drug-likeness (QED) is 0.858. The van der Waals surface area contributed by atoms with Crippen molar-refractivity contribution in [2.24, 2.45) is 5.92 Å². The van der Waals surface area contributed by atoms with Gasteiger partial charge in [0.05, 0.1) is 11.3 Å². The molecular formula is C15H25N3O. The van der Waals surface area contributed by atoms with Crippen LogP contribution in [0.3, 0.4) is 0 Å². The van der Waals surface area contributed by atoms with Crippen LogP contribution in [0.1, 0.15) is 44.5 Å². The van der Waals surface area contributed by atoms with Crippen LogP contribution in [-0.2, 0) is 0 Å². The summed E-state index contributed by atoms with van der Waals surface area (Å²) in [6, 6.07) is 2.07. The number of nitrogens with zero attached hydrogens (tertiary/aromatic N) is 2. The molecule has 1 amide bonds. The molecule has 1 unspecified atom stereocenters. The second-order valence-electron chi connectivity index (χ2n) is 5.35. The molecule has 106 valence electrons. The molecule has 19 heavy (non-hydrogen) atoms. The zero-order valence-corrected chi connectivity index (χ0v) is 12.6. The third kappa shape index (κ3) is 4.23. The summed E-state index contributed by atoms with van der Waals surface area (Å²) in [4.78, 5) is 18.4. The second kappa shape index (κ2) is 7.12. The summed E-state index contributed by atoms with van der Waals surface area (Å²) < 4.78 is 0. The summed E-state index contributed by atoms with van der Waals surface area (Å²) in [5, 5.41) is 3.20. The molecular weight excluding hydrogens is 238 g/mol. The molecule has 0 aliphatic heterocycles. The number of nitrogens with one attached hydrogen (secondary N) is 1. The Bertz CT molecular complexity index is 418. The molecule has 0 spiro atoms. The van der Waals surface area contributed by atoms with Crippen LogP contribution >= 0.6 is 0 Å². The first kappa shape index (κ1) is 15.5. The molecule has 1 heterocycles. The minimum absolute atomic E-state index is 0.0252. The fourth-order valence-electron chi connectivity index (χ4n) is 2.14. The van der Waals surface area contributed by atoms with Crippen LogP contribution in [0.15, 0.2) is 18.5 Å². The highest BCUT2D eigenvalue weighted by Gasteiger charge is 2.20. The Kier molecular flexibility index (Phi) is 5.80. The van der Waals surface area contributed by atoms with Gasteiger partial charge < -0.3 is 10.2 Å². The van der Waals surface area contributed by atoms with Crippen molar-refractivity contribution in [2.75, 3.05) is 18.9 Å².